The highest BCUT2D eigenvalue weighted by molar-refractivity contribution is 5.78. The van der Waals surface area contributed by atoms with Crippen LogP contribution in [-0.2, 0) is 4.79 Å². The van der Waals surface area contributed by atoms with Gasteiger partial charge in [0.25, 0.3) is 0 Å². The predicted molar refractivity (Wildman–Crippen MR) is 69.3 cm³/mol. The van der Waals surface area contributed by atoms with Crippen molar-refractivity contribution in [2.75, 3.05) is 20.1 Å². The summed E-state index contributed by atoms with van der Waals surface area (Å²) in [6.07, 6.45) is 1.13. The first-order chi connectivity index (χ1) is 7.28. The zero-order valence-corrected chi connectivity index (χ0v) is 11.7. The van der Waals surface area contributed by atoms with E-state index < -0.39 is 0 Å². The largest absolute Gasteiger partial charge is 0.355 e. The maximum atomic E-state index is 11.7. The van der Waals surface area contributed by atoms with Gasteiger partial charge in [0.2, 0.25) is 5.91 Å². The van der Waals surface area contributed by atoms with E-state index in [-0.39, 0.29) is 17.2 Å². The van der Waals surface area contributed by atoms with E-state index in [0.29, 0.717) is 5.92 Å². The van der Waals surface area contributed by atoms with Crippen LogP contribution in [0, 0.1) is 17.3 Å². The van der Waals surface area contributed by atoms with Gasteiger partial charge in [0.05, 0.1) is 0 Å². The van der Waals surface area contributed by atoms with Gasteiger partial charge in [-0.25, -0.2) is 0 Å². The first kappa shape index (κ1) is 15.4. The van der Waals surface area contributed by atoms with Crippen LogP contribution in [-0.4, -0.2) is 26.0 Å². The van der Waals surface area contributed by atoms with Crippen LogP contribution in [0.15, 0.2) is 0 Å². The Hall–Kier alpha value is -0.570. The van der Waals surface area contributed by atoms with Crippen molar-refractivity contribution in [2.45, 2.75) is 41.0 Å². The Morgan fingerprint density at radius 2 is 1.81 bits per heavy atom. The standard InChI is InChI=1S/C13H28N2O/c1-10(2)7-13(4,5)9-15-12(16)11(3)8-14-6/h10-11,14H,7-9H2,1-6H3,(H,15,16). The molecule has 0 aromatic carbocycles. The van der Waals surface area contributed by atoms with E-state index in [2.05, 4.69) is 38.3 Å². The minimum atomic E-state index is 0.0415. The topological polar surface area (TPSA) is 41.1 Å². The molecule has 96 valence electrons. The molecule has 0 heterocycles. The van der Waals surface area contributed by atoms with Crippen LogP contribution in [0.4, 0.5) is 0 Å². The van der Waals surface area contributed by atoms with E-state index in [1.54, 1.807) is 0 Å². The lowest BCUT2D eigenvalue weighted by Gasteiger charge is -2.27. The summed E-state index contributed by atoms with van der Waals surface area (Å²) in [5.74, 6) is 0.854. The molecular formula is C13H28N2O. The molecule has 0 spiro atoms. The summed E-state index contributed by atoms with van der Waals surface area (Å²) in [4.78, 5) is 11.7. The van der Waals surface area contributed by atoms with Crippen molar-refractivity contribution in [3.8, 4) is 0 Å². The van der Waals surface area contributed by atoms with Gasteiger partial charge < -0.3 is 10.6 Å². The Kier molecular flexibility index (Phi) is 6.65. The van der Waals surface area contributed by atoms with E-state index >= 15 is 0 Å². The lowest BCUT2D eigenvalue weighted by molar-refractivity contribution is -0.124. The highest BCUT2D eigenvalue weighted by atomic mass is 16.1. The third kappa shape index (κ3) is 6.83. The first-order valence-corrected chi connectivity index (χ1v) is 6.21. The highest BCUT2D eigenvalue weighted by Gasteiger charge is 2.21. The van der Waals surface area contributed by atoms with Gasteiger partial charge >= 0.3 is 0 Å². The fourth-order valence-electron chi connectivity index (χ4n) is 2.08. The third-order valence-electron chi connectivity index (χ3n) is 2.66. The second kappa shape index (κ2) is 6.89. The minimum Gasteiger partial charge on any atom is -0.355 e. The van der Waals surface area contributed by atoms with E-state index in [4.69, 9.17) is 0 Å². The van der Waals surface area contributed by atoms with Gasteiger partial charge in [-0.1, -0.05) is 34.6 Å². The van der Waals surface area contributed by atoms with Gasteiger partial charge in [0, 0.05) is 19.0 Å². The molecule has 0 saturated heterocycles. The van der Waals surface area contributed by atoms with Gasteiger partial charge in [-0.05, 0) is 24.8 Å². The number of hydrogen-bond donors (Lipinski definition) is 2. The fourth-order valence-corrected chi connectivity index (χ4v) is 2.08. The van der Waals surface area contributed by atoms with E-state index in [0.717, 1.165) is 19.5 Å². The van der Waals surface area contributed by atoms with E-state index in [9.17, 15) is 4.79 Å². The van der Waals surface area contributed by atoms with Gasteiger partial charge in [-0.3, -0.25) is 4.79 Å². The molecule has 1 unspecified atom stereocenters. The number of carbonyl (C=O) groups excluding carboxylic acids is 1. The Labute approximate surface area is 100 Å². The van der Waals surface area contributed by atoms with Crippen molar-refractivity contribution in [1.29, 1.82) is 0 Å². The second-order valence-electron chi connectivity index (χ2n) is 5.94. The molecule has 0 aliphatic rings. The van der Waals surface area contributed by atoms with Crippen molar-refractivity contribution in [3.63, 3.8) is 0 Å². The van der Waals surface area contributed by atoms with Gasteiger partial charge in [0.1, 0.15) is 0 Å². The van der Waals surface area contributed by atoms with Crippen molar-refractivity contribution in [3.05, 3.63) is 0 Å². The molecule has 0 aliphatic carbocycles. The summed E-state index contributed by atoms with van der Waals surface area (Å²) in [7, 11) is 1.87. The molecule has 0 aliphatic heterocycles. The summed E-state index contributed by atoms with van der Waals surface area (Å²) in [5.41, 5.74) is 0.184. The molecule has 0 fully saturated rings. The predicted octanol–water partition coefficient (Wildman–Crippen LogP) is 2.03. The molecule has 1 amide bonds. The van der Waals surface area contributed by atoms with E-state index in [1.807, 2.05) is 14.0 Å². The van der Waals surface area contributed by atoms with Crippen LogP contribution >= 0.6 is 0 Å². The first-order valence-electron chi connectivity index (χ1n) is 6.21. The van der Waals surface area contributed by atoms with Crippen molar-refractivity contribution in [2.24, 2.45) is 17.3 Å². The van der Waals surface area contributed by atoms with E-state index in [1.165, 1.54) is 0 Å². The van der Waals surface area contributed by atoms with Gasteiger partial charge in [-0.15, -0.1) is 0 Å². The Balaban J connectivity index is 3.99. The molecule has 1 atom stereocenters. The molecule has 2 N–H and O–H groups in total. The number of amides is 1. The van der Waals surface area contributed by atoms with Crippen LogP contribution in [0.3, 0.4) is 0 Å². The zero-order chi connectivity index (χ0) is 12.8. The average Bonchev–Trinajstić information content (AvgIpc) is 2.12. The van der Waals surface area contributed by atoms with Crippen LogP contribution in [0.25, 0.3) is 0 Å². The zero-order valence-electron chi connectivity index (χ0n) is 11.7. The number of carbonyl (C=O) groups is 1. The molecule has 0 bridgehead atoms. The second-order valence-corrected chi connectivity index (χ2v) is 5.94. The minimum absolute atomic E-state index is 0.0415. The molecule has 0 aromatic rings. The molecular weight excluding hydrogens is 200 g/mol. The highest BCUT2D eigenvalue weighted by Crippen LogP contribution is 2.24. The molecule has 0 saturated carbocycles. The normalized spacial score (nSPS) is 13.9. The quantitative estimate of drug-likeness (QED) is 0.700. The molecule has 3 nitrogen and oxygen atoms in total. The van der Waals surface area contributed by atoms with Crippen molar-refractivity contribution < 1.29 is 4.79 Å². The summed E-state index contributed by atoms with van der Waals surface area (Å²) < 4.78 is 0. The lowest BCUT2D eigenvalue weighted by Crippen LogP contribution is -2.39. The maximum absolute atomic E-state index is 11.7. The fraction of sp³-hybridized carbons (Fsp3) is 0.923. The number of hydrogen-bond acceptors (Lipinski definition) is 2. The Morgan fingerprint density at radius 1 is 1.25 bits per heavy atom. The van der Waals surface area contributed by atoms with Gasteiger partial charge in [0.15, 0.2) is 0 Å². The monoisotopic (exact) mass is 228 g/mol. The van der Waals surface area contributed by atoms with Crippen molar-refractivity contribution in [1.82, 2.24) is 10.6 Å². The Bertz CT molecular complexity index is 212. The lowest BCUT2D eigenvalue weighted by atomic mass is 9.84. The summed E-state index contributed by atoms with van der Waals surface area (Å²) in [5, 5.41) is 6.05. The smallest absolute Gasteiger partial charge is 0.224 e. The van der Waals surface area contributed by atoms with Crippen LogP contribution in [0.2, 0.25) is 0 Å². The summed E-state index contributed by atoms with van der Waals surface area (Å²) in [6.45, 7) is 12.3. The van der Waals surface area contributed by atoms with Gasteiger partial charge in [-0.2, -0.15) is 0 Å². The SMILES string of the molecule is CNCC(C)C(=O)NCC(C)(C)CC(C)C. The van der Waals surface area contributed by atoms with Crippen LogP contribution in [0.1, 0.15) is 41.0 Å². The molecule has 0 radical (unpaired) electrons. The maximum Gasteiger partial charge on any atom is 0.224 e. The molecule has 0 aromatic heterocycles. The summed E-state index contributed by atoms with van der Waals surface area (Å²) >= 11 is 0. The molecule has 3 heteroatoms. The van der Waals surface area contributed by atoms with Crippen LogP contribution in [0.5, 0.6) is 0 Å². The number of rotatable bonds is 7. The van der Waals surface area contributed by atoms with Crippen molar-refractivity contribution >= 4 is 5.91 Å². The number of nitrogens with one attached hydrogen (secondary N) is 2. The molecule has 16 heavy (non-hydrogen) atoms. The summed E-state index contributed by atoms with van der Waals surface area (Å²) in [6, 6.07) is 0. The average molecular weight is 228 g/mol. The Morgan fingerprint density at radius 3 is 2.25 bits per heavy atom. The molecule has 0 rings (SSSR count). The van der Waals surface area contributed by atoms with Crippen LogP contribution < -0.4 is 10.6 Å². The third-order valence-corrected chi connectivity index (χ3v) is 2.66.